The minimum absolute atomic E-state index is 0.0356. The topological polar surface area (TPSA) is 162 Å². The monoisotopic (exact) mass is 543 g/mol. The number of aromatic carboxylic acids is 1. The smallest absolute Gasteiger partial charge is 0.354 e. The Morgan fingerprint density at radius 3 is 2.62 bits per heavy atom. The fourth-order valence-electron chi connectivity index (χ4n) is 6.38. The van der Waals surface area contributed by atoms with Crippen molar-refractivity contribution in [2.45, 2.75) is 25.7 Å². The number of aryl methyl sites for hydroxylation is 1. The maximum absolute atomic E-state index is 13.5. The first kappa shape index (κ1) is 24.4. The highest BCUT2D eigenvalue weighted by molar-refractivity contribution is 5.91. The molecule has 14 nitrogen and oxygen atoms in total. The van der Waals surface area contributed by atoms with Gasteiger partial charge in [0.25, 0.3) is 5.91 Å². The first-order valence-corrected chi connectivity index (χ1v) is 13.4. The Kier molecular flexibility index (Phi) is 5.47. The number of nitrogens with zero attached hydrogens (tertiary/aromatic N) is 10. The molecule has 7 heterocycles. The highest BCUT2D eigenvalue weighted by atomic mass is 16.4. The van der Waals surface area contributed by atoms with Gasteiger partial charge in [-0.2, -0.15) is 5.21 Å². The Hall–Kier alpha value is -4.62. The number of likely N-dealkylation sites (tertiary alicyclic amines) is 1. The van der Waals surface area contributed by atoms with E-state index in [2.05, 4.69) is 58.5 Å². The van der Waals surface area contributed by atoms with Crippen LogP contribution in [0.5, 0.6) is 0 Å². The standard InChI is InChI=1S/C26H29N11O3/c1-15-8-18(34-7-6-26(2,14-34)25-29-32-33-30-25)13-37-22(15)28-21(31-37)23(38)36-11-16-9-35(10-17(16)12-36)20-5-3-4-19(27-20)24(39)40/h3-5,8,13,16-17H,6-7,9-12,14H2,1-2H3,(H,39,40)(H,29,30,32,33). The third-order valence-corrected chi connectivity index (χ3v) is 8.57. The van der Waals surface area contributed by atoms with Gasteiger partial charge in [-0.15, -0.1) is 15.3 Å². The van der Waals surface area contributed by atoms with Crippen LogP contribution in [0.4, 0.5) is 11.5 Å². The van der Waals surface area contributed by atoms with Crippen molar-refractivity contribution >= 4 is 29.0 Å². The Morgan fingerprint density at radius 2 is 1.90 bits per heavy atom. The van der Waals surface area contributed by atoms with Crippen molar-refractivity contribution in [3.8, 4) is 0 Å². The summed E-state index contributed by atoms with van der Waals surface area (Å²) in [5, 5.41) is 28.5. The molecule has 3 aliphatic heterocycles. The lowest BCUT2D eigenvalue weighted by atomic mass is 9.89. The van der Waals surface area contributed by atoms with Crippen LogP contribution in [-0.4, -0.2) is 101 Å². The number of pyridine rings is 2. The first-order chi connectivity index (χ1) is 19.3. The first-order valence-electron chi connectivity index (χ1n) is 13.4. The van der Waals surface area contributed by atoms with E-state index < -0.39 is 5.97 Å². The maximum atomic E-state index is 13.5. The second-order valence-electron chi connectivity index (χ2n) is 11.4. The van der Waals surface area contributed by atoms with Gasteiger partial charge in [0, 0.05) is 51.1 Å². The second-order valence-corrected chi connectivity index (χ2v) is 11.4. The number of aromatic amines is 1. The fraction of sp³-hybridized carbons (Fsp3) is 0.462. The van der Waals surface area contributed by atoms with Crippen molar-refractivity contribution in [3.63, 3.8) is 0 Å². The zero-order chi connectivity index (χ0) is 27.6. The van der Waals surface area contributed by atoms with E-state index in [9.17, 15) is 14.7 Å². The third-order valence-electron chi connectivity index (χ3n) is 8.57. The molecule has 4 aromatic heterocycles. The molecule has 3 unspecified atom stereocenters. The van der Waals surface area contributed by atoms with Crippen LogP contribution in [0.15, 0.2) is 30.5 Å². The molecule has 0 aromatic carbocycles. The number of H-pyrrole nitrogens is 1. The molecule has 0 spiro atoms. The van der Waals surface area contributed by atoms with Gasteiger partial charge in [-0.25, -0.2) is 19.3 Å². The number of anilines is 2. The minimum Gasteiger partial charge on any atom is -0.477 e. The molecule has 0 saturated carbocycles. The Bertz CT molecular complexity index is 1610. The molecule has 206 valence electrons. The van der Waals surface area contributed by atoms with E-state index in [1.165, 1.54) is 6.07 Å². The predicted molar refractivity (Wildman–Crippen MR) is 142 cm³/mol. The molecule has 3 aliphatic rings. The third kappa shape index (κ3) is 4.01. The Labute approximate surface area is 229 Å². The van der Waals surface area contributed by atoms with Gasteiger partial charge in [0.2, 0.25) is 5.82 Å². The van der Waals surface area contributed by atoms with Crippen LogP contribution in [0, 0.1) is 18.8 Å². The number of rotatable bonds is 5. The summed E-state index contributed by atoms with van der Waals surface area (Å²) in [6.45, 7) is 8.40. The average Bonchev–Trinajstić information content (AvgIpc) is 3.75. The highest BCUT2D eigenvalue weighted by Gasteiger charge is 2.43. The molecule has 0 aliphatic carbocycles. The summed E-state index contributed by atoms with van der Waals surface area (Å²) < 4.78 is 1.71. The summed E-state index contributed by atoms with van der Waals surface area (Å²) in [7, 11) is 0. The molecule has 2 N–H and O–H groups in total. The van der Waals surface area contributed by atoms with Crippen molar-refractivity contribution in [2.75, 3.05) is 49.1 Å². The van der Waals surface area contributed by atoms with E-state index in [1.807, 2.05) is 24.1 Å². The zero-order valence-electron chi connectivity index (χ0n) is 22.2. The normalized spacial score (nSPS) is 24.3. The molecular formula is C26H29N11O3. The van der Waals surface area contributed by atoms with Crippen molar-refractivity contribution in [1.82, 2.24) is 45.1 Å². The zero-order valence-corrected chi connectivity index (χ0v) is 22.2. The van der Waals surface area contributed by atoms with Crippen LogP contribution < -0.4 is 9.80 Å². The van der Waals surface area contributed by atoms with Crippen LogP contribution in [0.25, 0.3) is 5.65 Å². The Morgan fingerprint density at radius 1 is 1.10 bits per heavy atom. The molecule has 40 heavy (non-hydrogen) atoms. The molecule has 0 radical (unpaired) electrons. The molecule has 0 bridgehead atoms. The van der Waals surface area contributed by atoms with E-state index in [4.69, 9.17) is 0 Å². The summed E-state index contributed by atoms with van der Waals surface area (Å²) in [6.07, 6.45) is 2.84. The molecule has 14 heteroatoms. The number of hydrogen-bond acceptors (Lipinski definition) is 10. The highest BCUT2D eigenvalue weighted by Crippen LogP contribution is 2.36. The van der Waals surface area contributed by atoms with E-state index in [0.29, 0.717) is 30.4 Å². The molecule has 3 saturated heterocycles. The van der Waals surface area contributed by atoms with Crippen LogP contribution in [0.1, 0.15) is 45.8 Å². The van der Waals surface area contributed by atoms with Gasteiger partial charge in [0.1, 0.15) is 5.82 Å². The number of carboxylic acids is 1. The van der Waals surface area contributed by atoms with Crippen LogP contribution in [0.3, 0.4) is 0 Å². The van der Waals surface area contributed by atoms with E-state index in [-0.39, 0.29) is 34.7 Å². The summed E-state index contributed by atoms with van der Waals surface area (Å²) in [5.74, 6) is 0.944. The number of fused-ring (bicyclic) bond motifs is 2. The van der Waals surface area contributed by atoms with E-state index in [1.54, 1.807) is 10.6 Å². The number of amides is 1. The van der Waals surface area contributed by atoms with Crippen molar-refractivity contribution < 1.29 is 14.7 Å². The van der Waals surface area contributed by atoms with Gasteiger partial charge < -0.3 is 19.8 Å². The van der Waals surface area contributed by atoms with Gasteiger partial charge in [-0.05, 0) is 37.1 Å². The van der Waals surface area contributed by atoms with Crippen LogP contribution >= 0.6 is 0 Å². The van der Waals surface area contributed by atoms with E-state index >= 15 is 0 Å². The lowest BCUT2D eigenvalue weighted by molar-refractivity contribution is 0.0689. The number of aromatic nitrogens is 8. The number of carbonyl (C=O) groups is 2. The summed E-state index contributed by atoms with van der Waals surface area (Å²) >= 11 is 0. The molecule has 3 fully saturated rings. The average molecular weight is 544 g/mol. The second kappa shape index (κ2) is 8.96. The van der Waals surface area contributed by atoms with Gasteiger partial charge in [0.15, 0.2) is 17.2 Å². The molecular weight excluding hydrogens is 514 g/mol. The lowest BCUT2D eigenvalue weighted by Crippen LogP contribution is -2.34. The number of carbonyl (C=O) groups excluding carboxylic acids is 1. The van der Waals surface area contributed by atoms with E-state index in [0.717, 1.165) is 43.9 Å². The summed E-state index contributed by atoms with van der Waals surface area (Å²) in [6, 6.07) is 7.13. The van der Waals surface area contributed by atoms with Crippen molar-refractivity contribution in [1.29, 1.82) is 0 Å². The van der Waals surface area contributed by atoms with Crippen molar-refractivity contribution in [3.05, 3.63) is 53.4 Å². The quantitative estimate of drug-likeness (QED) is 0.370. The lowest BCUT2D eigenvalue weighted by Gasteiger charge is -2.22. The summed E-state index contributed by atoms with van der Waals surface area (Å²) in [4.78, 5) is 39.9. The SMILES string of the molecule is Cc1cc(N2CCC(C)(c3nn[nH]n3)C2)cn2nc(C(=O)N3CC4CN(c5cccc(C(=O)O)n5)CC4C3)nc12. The Balaban J connectivity index is 1.05. The summed E-state index contributed by atoms with van der Waals surface area (Å²) in [5.41, 5.74) is 2.47. The minimum atomic E-state index is -1.04. The number of nitrogens with one attached hydrogen (secondary N) is 1. The van der Waals surface area contributed by atoms with Crippen LogP contribution in [0.2, 0.25) is 0 Å². The number of tetrazole rings is 1. The number of carboxylic acid groups (broad SMARTS) is 1. The van der Waals surface area contributed by atoms with Gasteiger partial charge >= 0.3 is 5.97 Å². The maximum Gasteiger partial charge on any atom is 0.354 e. The molecule has 1 amide bonds. The van der Waals surface area contributed by atoms with Gasteiger partial charge in [-0.1, -0.05) is 18.2 Å². The van der Waals surface area contributed by atoms with Crippen LogP contribution in [-0.2, 0) is 5.41 Å². The van der Waals surface area contributed by atoms with Gasteiger partial charge in [0.05, 0.1) is 17.3 Å². The molecule has 3 atom stereocenters. The fourth-order valence-corrected chi connectivity index (χ4v) is 6.38. The van der Waals surface area contributed by atoms with Gasteiger partial charge in [-0.3, -0.25) is 4.79 Å². The molecule has 4 aromatic rings. The largest absolute Gasteiger partial charge is 0.477 e. The molecule has 7 rings (SSSR count). The van der Waals surface area contributed by atoms with Crippen molar-refractivity contribution in [2.24, 2.45) is 11.8 Å². The predicted octanol–water partition coefficient (Wildman–Crippen LogP) is 1.02. The number of hydrogen-bond donors (Lipinski definition) is 2.